The molecule has 1 aliphatic rings. The summed E-state index contributed by atoms with van der Waals surface area (Å²) < 4.78 is 1.77. The van der Waals surface area contributed by atoms with Crippen molar-refractivity contribution in [1.29, 1.82) is 0 Å². The first-order chi connectivity index (χ1) is 11.0. The number of piperidine rings is 1. The molecule has 0 aromatic carbocycles. The van der Waals surface area contributed by atoms with Crippen molar-refractivity contribution in [3.05, 3.63) is 42.6 Å². The third-order valence-corrected chi connectivity index (χ3v) is 4.51. The summed E-state index contributed by atoms with van der Waals surface area (Å²) in [6.45, 7) is 2.92. The number of nitrogens with two attached hydrogens (primary N) is 1. The number of imidazole rings is 1. The lowest BCUT2D eigenvalue weighted by Gasteiger charge is -2.37. The lowest BCUT2D eigenvalue weighted by molar-refractivity contribution is -0.129. The van der Waals surface area contributed by atoms with E-state index in [1.807, 2.05) is 6.92 Å². The molecule has 2 aromatic heterocycles. The van der Waals surface area contributed by atoms with Gasteiger partial charge in [0, 0.05) is 37.1 Å². The Balaban J connectivity index is 1.68. The second-order valence-electron chi connectivity index (χ2n) is 6.09. The molecule has 0 saturated carbocycles. The van der Waals surface area contributed by atoms with Crippen molar-refractivity contribution in [1.82, 2.24) is 19.4 Å². The van der Waals surface area contributed by atoms with E-state index in [4.69, 9.17) is 5.73 Å². The number of aromatic nitrogens is 3. The van der Waals surface area contributed by atoms with Crippen LogP contribution in [-0.4, -0.2) is 44.3 Å². The van der Waals surface area contributed by atoms with E-state index in [1.165, 1.54) is 0 Å². The van der Waals surface area contributed by atoms with Crippen molar-refractivity contribution < 1.29 is 9.59 Å². The lowest BCUT2D eigenvalue weighted by atomic mass is 9.79. The van der Waals surface area contributed by atoms with Gasteiger partial charge in [-0.1, -0.05) is 6.92 Å². The van der Waals surface area contributed by atoms with E-state index >= 15 is 0 Å². The fourth-order valence-corrected chi connectivity index (χ4v) is 2.69. The van der Waals surface area contributed by atoms with Gasteiger partial charge in [-0.25, -0.2) is 9.97 Å². The molecule has 0 spiro atoms. The molecule has 0 atom stereocenters. The zero-order valence-electron chi connectivity index (χ0n) is 13.0. The minimum Gasteiger partial charge on any atom is -0.369 e. The van der Waals surface area contributed by atoms with Gasteiger partial charge in [0.25, 0.3) is 5.91 Å². The Morgan fingerprint density at radius 2 is 2.00 bits per heavy atom. The molecule has 7 heteroatoms. The highest BCUT2D eigenvalue weighted by Gasteiger charge is 2.36. The molecule has 1 fully saturated rings. The van der Waals surface area contributed by atoms with Crippen molar-refractivity contribution in [3.8, 4) is 5.82 Å². The first-order valence-electron chi connectivity index (χ1n) is 7.53. The van der Waals surface area contributed by atoms with E-state index in [-0.39, 0.29) is 11.8 Å². The zero-order chi connectivity index (χ0) is 16.4. The van der Waals surface area contributed by atoms with Crippen molar-refractivity contribution in [3.63, 3.8) is 0 Å². The first-order valence-corrected chi connectivity index (χ1v) is 7.53. The fourth-order valence-electron chi connectivity index (χ4n) is 2.69. The Morgan fingerprint density at radius 3 is 2.52 bits per heavy atom. The molecule has 0 radical (unpaired) electrons. The highest BCUT2D eigenvalue weighted by atomic mass is 16.2. The van der Waals surface area contributed by atoms with Crippen molar-refractivity contribution in [2.24, 2.45) is 11.1 Å². The Kier molecular flexibility index (Phi) is 3.85. The maximum absolute atomic E-state index is 12.5. The first kappa shape index (κ1) is 15.2. The van der Waals surface area contributed by atoms with Crippen LogP contribution in [0.2, 0.25) is 0 Å². The summed E-state index contributed by atoms with van der Waals surface area (Å²) in [6, 6.07) is 3.54. The van der Waals surface area contributed by atoms with Crippen LogP contribution in [0.15, 0.2) is 37.1 Å². The van der Waals surface area contributed by atoms with E-state index in [1.54, 1.807) is 46.5 Å². The van der Waals surface area contributed by atoms with Crippen LogP contribution in [-0.2, 0) is 4.79 Å². The average molecular weight is 313 g/mol. The summed E-state index contributed by atoms with van der Waals surface area (Å²) in [6.07, 6.45) is 7.87. The molecular formula is C16H19N5O2. The molecule has 0 unspecified atom stereocenters. The minimum absolute atomic E-state index is 0.0683. The van der Waals surface area contributed by atoms with Crippen LogP contribution in [0.3, 0.4) is 0 Å². The topological polar surface area (TPSA) is 94.1 Å². The van der Waals surface area contributed by atoms with Crippen LogP contribution >= 0.6 is 0 Å². The molecule has 3 heterocycles. The largest absolute Gasteiger partial charge is 0.369 e. The predicted octanol–water partition coefficient (Wildman–Crippen LogP) is 0.995. The molecule has 3 rings (SSSR count). The van der Waals surface area contributed by atoms with E-state index in [9.17, 15) is 9.59 Å². The van der Waals surface area contributed by atoms with Gasteiger partial charge in [-0.3, -0.25) is 14.2 Å². The highest BCUT2D eigenvalue weighted by molar-refractivity contribution is 5.94. The normalized spacial score (nSPS) is 17.0. The second kappa shape index (κ2) is 5.83. The molecule has 1 saturated heterocycles. The number of rotatable bonds is 3. The standard InChI is InChI=1S/C16H19N5O2/c1-16(15(17)23)4-7-20(8-5-16)14(22)12-2-3-13(19-10-12)21-9-6-18-11-21/h2-3,6,9-11H,4-5,7-8H2,1H3,(H2,17,23). The molecule has 2 N–H and O–H groups in total. The smallest absolute Gasteiger partial charge is 0.255 e. The molecule has 0 bridgehead atoms. The molecule has 23 heavy (non-hydrogen) atoms. The molecule has 2 aromatic rings. The van der Waals surface area contributed by atoms with Gasteiger partial charge < -0.3 is 10.6 Å². The Labute approximate surface area is 134 Å². The van der Waals surface area contributed by atoms with E-state index in [2.05, 4.69) is 9.97 Å². The maximum Gasteiger partial charge on any atom is 0.255 e. The Morgan fingerprint density at radius 1 is 1.26 bits per heavy atom. The number of carbonyl (C=O) groups excluding carboxylic acids is 2. The molecule has 7 nitrogen and oxygen atoms in total. The maximum atomic E-state index is 12.5. The summed E-state index contributed by atoms with van der Waals surface area (Å²) in [5.41, 5.74) is 5.46. The summed E-state index contributed by atoms with van der Waals surface area (Å²) in [5, 5.41) is 0. The second-order valence-corrected chi connectivity index (χ2v) is 6.09. The number of primary amides is 1. The fraction of sp³-hybridized carbons (Fsp3) is 0.375. The van der Waals surface area contributed by atoms with E-state index in [0.717, 1.165) is 0 Å². The number of hydrogen-bond acceptors (Lipinski definition) is 4. The van der Waals surface area contributed by atoms with Gasteiger partial charge in [-0.2, -0.15) is 0 Å². The molecule has 120 valence electrons. The number of nitrogens with zero attached hydrogens (tertiary/aromatic N) is 4. The number of pyridine rings is 1. The number of likely N-dealkylation sites (tertiary alicyclic amines) is 1. The van der Waals surface area contributed by atoms with Crippen molar-refractivity contribution >= 4 is 11.8 Å². The summed E-state index contributed by atoms with van der Waals surface area (Å²) in [4.78, 5) is 34.0. The van der Waals surface area contributed by atoms with Crippen LogP contribution in [0.25, 0.3) is 5.82 Å². The SMILES string of the molecule is CC1(C(N)=O)CCN(C(=O)c2ccc(-n3ccnc3)nc2)CC1. The lowest BCUT2D eigenvalue weighted by Crippen LogP contribution is -2.47. The van der Waals surface area contributed by atoms with Crippen LogP contribution in [0.1, 0.15) is 30.1 Å². The molecule has 2 amide bonds. The van der Waals surface area contributed by atoms with Crippen LogP contribution < -0.4 is 5.73 Å². The van der Waals surface area contributed by atoms with E-state index in [0.29, 0.717) is 37.3 Å². The van der Waals surface area contributed by atoms with Gasteiger partial charge in [0.05, 0.1) is 5.56 Å². The van der Waals surface area contributed by atoms with Gasteiger partial charge >= 0.3 is 0 Å². The van der Waals surface area contributed by atoms with Gasteiger partial charge in [0.2, 0.25) is 5.91 Å². The molecule has 0 aliphatic carbocycles. The van der Waals surface area contributed by atoms with Crippen molar-refractivity contribution in [2.45, 2.75) is 19.8 Å². The van der Waals surface area contributed by atoms with Crippen LogP contribution in [0, 0.1) is 5.41 Å². The predicted molar refractivity (Wildman–Crippen MR) is 83.8 cm³/mol. The highest BCUT2D eigenvalue weighted by Crippen LogP contribution is 2.30. The minimum atomic E-state index is -0.514. The summed E-state index contributed by atoms with van der Waals surface area (Å²) in [5.74, 6) is 0.344. The third kappa shape index (κ3) is 2.94. The van der Waals surface area contributed by atoms with E-state index < -0.39 is 5.41 Å². The van der Waals surface area contributed by atoms with Crippen LogP contribution in [0.5, 0.6) is 0 Å². The summed E-state index contributed by atoms with van der Waals surface area (Å²) >= 11 is 0. The quantitative estimate of drug-likeness (QED) is 0.914. The number of carbonyl (C=O) groups is 2. The monoisotopic (exact) mass is 313 g/mol. The van der Waals surface area contributed by atoms with Crippen LogP contribution in [0.4, 0.5) is 0 Å². The van der Waals surface area contributed by atoms with Crippen molar-refractivity contribution in [2.75, 3.05) is 13.1 Å². The van der Waals surface area contributed by atoms with Gasteiger partial charge in [0.15, 0.2) is 0 Å². The number of amides is 2. The number of hydrogen-bond donors (Lipinski definition) is 1. The third-order valence-electron chi connectivity index (χ3n) is 4.51. The molecular weight excluding hydrogens is 294 g/mol. The molecule has 1 aliphatic heterocycles. The van der Waals surface area contributed by atoms with Gasteiger partial charge in [-0.05, 0) is 25.0 Å². The Bertz CT molecular complexity index is 701. The van der Waals surface area contributed by atoms with Gasteiger partial charge in [-0.15, -0.1) is 0 Å². The van der Waals surface area contributed by atoms with Gasteiger partial charge in [0.1, 0.15) is 12.1 Å². The zero-order valence-corrected chi connectivity index (χ0v) is 13.0. The average Bonchev–Trinajstić information content (AvgIpc) is 3.09. The Hall–Kier alpha value is -2.70. The summed E-state index contributed by atoms with van der Waals surface area (Å²) in [7, 11) is 0.